The van der Waals surface area contributed by atoms with Crippen LogP contribution in [0.5, 0.6) is 11.5 Å². The van der Waals surface area contributed by atoms with Crippen molar-refractivity contribution in [3.05, 3.63) is 76.8 Å². The van der Waals surface area contributed by atoms with Crippen molar-refractivity contribution < 1.29 is 14.6 Å². The lowest BCUT2D eigenvalue weighted by atomic mass is 9.98. The number of hydrogen-bond donors (Lipinski definition) is 1. The number of hydrogen-bond acceptors (Lipinski definition) is 3. The number of nitrogens with zero attached hydrogens (tertiary/aromatic N) is 2. The van der Waals surface area contributed by atoms with Crippen LogP contribution in [-0.4, -0.2) is 20.6 Å². The van der Waals surface area contributed by atoms with E-state index in [0.717, 1.165) is 22.9 Å². The summed E-state index contributed by atoms with van der Waals surface area (Å²) in [5.74, 6) is 0.380. The molecule has 0 spiro atoms. The number of carbonyl (C=O) groups is 1. The highest BCUT2D eigenvalue weighted by Gasteiger charge is 2.20. The van der Waals surface area contributed by atoms with Gasteiger partial charge in [-0.15, -0.1) is 0 Å². The lowest BCUT2D eigenvalue weighted by Crippen LogP contribution is -2.11. The Bertz CT molecular complexity index is 877. The molecule has 0 aliphatic rings. The Morgan fingerprint density at radius 2 is 2.04 bits per heavy atom. The molecule has 0 fully saturated rings. The second kappa shape index (κ2) is 8.19. The highest BCUT2D eigenvalue weighted by molar-refractivity contribution is 9.10. The van der Waals surface area contributed by atoms with E-state index in [1.54, 1.807) is 30.7 Å². The van der Waals surface area contributed by atoms with Crippen LogP contribution in [0.4, 0.5) is 0 Å². The van der Waals surface area contributed by atoms with Gasteiger partial charge in [-0.25, -0.2) is 9.78 Å². The minimum absolute atomic E-state index is 0.0488. The first-order valence-electron chi connectivity index (χ1n) is 8.36. The van der Waals surface area contributed by atoms with Crippen LogP contribution < -0.4 is 4.74 Å². The molecule has 1 N–H and O–H groups in total. The molecular weight excluding hydrogens is 396 g/mol. The van der Waals surface area contributed by atoms with Crippen LogP contribution >= 0.6 is 15.9 Å². The fraction of sp³-hybridized carbons (Fsp3) is 0.200. The zero-order chi connectivity index (χ0) is 18.5. The molecule has 6 heteroatoms. The van der Waals surface area contributed by atoms with Gasteiger partial charge in [0.1, 0.15) is 11.5 Å². The molecule has 5 nitrogen and oxygen atoms in total. The van der Waals surface area contributed by atoms with Crippen molar-refractivity contribution in [1.29, 1.82) is 0 Å². The van der Waals surface area contributed by atoms with Gasteiger partial charge in [-0.1, -0.05) is 29.3 Å². The van der Waals surface area contributed by atoms with Crippen LogP contribution in [0.1, 0.15) is 41.7 Å². The third-order valence-electron chi connectivity index (χ3n) is 4.10. The Morgan fingerprint density at radius 1 is 1.27 bits per heavy atom. The minimum atomic E-state index is -0.956. The van der Waals surface area contributed by atoms with Crippen molar-refractivity contribution >= 4 is 21.9 Å². The molecule has 0 amide bonds. The Kier molecular flexibility index (Phi) is 5.73. The van der Waals surface area contributed by atoms with Crippen LogP contribution in [-0.2, 0) is 0 Å². The standard InChI is InChI=1S/C20H19BrN2O3/c1-2-3-18(23-11-10-22-13-23)17-12-14(20(24)25)4-9-19(17)26-16-7-5-15(21)6-8-16/h4-13,18H,2-3H2,1H3,(H,24,25). The van der Waals surface area contributed by atoms with Crippen LogP contribution in [0, 0.1) is 0 Å². The van der Waals surface area contributed by atoms with E-state index in [1.165, 1.54) is 0 Å². The number of aromatic nitrogens is 2. The van der Waals surface area contributed by atoms with E-state index in [4.69, 9.17) is 4.74 Å². The summed E-state index contributed by atoms with van der Waals surface area (Å²) >= 11 is 3.41. The first-order chi connectivity index (χ1) is 12.6. The van der Waals surface area contributed by atoms with Crippen LogP contribution in [0.15, 0.2) is 65.7 Å². The SMILES string of the molecule is CCCC(c1cc(C(=O)O)ccc1Oc1ccc(Br)cc1)n1ccnc1. The molecule has 1 heterocycles. The van der Waals surface area contributed by atoms with Gasteiger partial charge in [-0.2, -0.15) is 0 Å². The minimum Gasteiger partial charge on any atom is -0.478 e. The molecule has 1 atom stereocenters. The number of carboxylic acid groups (broad SMARTS) is 1. The topological polar surface area (TPSA) is 64.3 Å². The number of benzene rings is 2. The van der Waals surface area contributed by atoms with Crippen LogP contribution in [0.2, 0.25) is 0 Å². The molecule has 3 rings (SSSR count). The summed E-state index contributed by atoms with van der Waals surface area (Å²) in [7, 11) is 0. The number of rotatable bonds is 7. The van der Waals surface area contributed by atoms with Gasteiger partial charge in [0.25, 0.3) is 0 Å². The zero-order valence-electron chi connectivity index (χ0n) is 14.3. The molecule has 26 heavy (non-hydrogen) atoms. The number of ether oxygens (including phenoxy) is 1. The molecule has 0 radical (unpaired) electrons. The maximum atomic E-state index is 11.5. The quantitative estimate of drug-likeness (QED) is 0.552. The first-order valence-corrected chi connectivity index (χ1v) is 9.16. The number of imidazole rings is 1. The third-order valence-corrected chi connectivity index (χ3v) is 4.63. The molecule has 0 aliphatic carbocycles. The Hall–Kier alpha value is -2.60. The summed E-state index contributed by atoms with van der Waals surface area (Å²) in [4.78, 5) is 15.6. The largest absolute Gasteiger partial charge is 0.478 e. The Balaban J connectivity index is 2.05. The normalized spacial score (nSPS) is 11.9. The summed E-state index contributed by atoms with van der Waals surface area (Å²) in [6.45, 7) is 2.10. The van der Waals surface area contributed by atoms with E-state index in [2.05, 4.69) is 27.8 Å². The van der Waals surface area contributed by atoms with Crippen molar-refractivity contribution in [3.8, 4) is 11.5 Å². The summed E-state index contributed by atoms with van der Waals surface area (Å²) < 4.78 is 9.03. The van der Waals surface area contributed by atoms with Gasteiger partial charge >= 0.3 is 5.97 Å². The fourth-order valence-corrected chi connectivity index (χ4v) is 3.12. The highest BCUT2D eigenvalue weighted by atomic mass is 79.9. The molecule has 0 bridgehead atoms. The molecule has 1 aromatic heterocycles. The van der Waals surface area contributed by atoms with Gasteiger partial charge in [0.05, 0.1) is 17.9 Å². The number of halogens is 1. The van der Waals surface area contributed by atoms with Crippen molar-refractivity contribution in [2.75, 3.05) is 0 Å². The van der Waals surface area contributed by atoms with Crippen molar-refractivity contribution in [2.45, 2.75) is 25.8 Å². The molecule has 1 unspecified atom stereocenters. The Morgan fingerprint density at radius 3 is 2.65 bits per heavy atom. The van der Waals surface area contributed by atoms with Crippen molar-refractivity contribution in [3.63, 3.8) is 0 Å². The van der Waals surface area contributed by atoms with E-state index < -0.39 is 5.97 Å². The van der Waals surface area contributed by atoms with E-state index in [0.29, 0.717) is 11.5 Å². The maximum absolute atomic E-state index is 11.5. The molecule has 3 aromatic rings. The summed E-state index contributed by atoms with van der Waals surface area (Å²) in [5, 5.41) is 9.40. The number of aromatic carboxylic acids is 1. The fourth-order valence-electron chi connectivity index (χ4n) is 2.86. The molecule has 0 saturated carbocycles. The van der Waals surface area contributed by atoms with Gasteiger partial charge in [0.2, 0.25) is 0 Å². The average molecular weight is 415 g/mol. The summed E-state index contributed by atoms with van der Waals surface area (Å²) in [5.41, 5.74) is 1.07. The van der Waals surface area contributed by atoms with Crippen LogP contribution in [0.25, 0.3) is 0 Å². The van der Waals surface area contributed by atoms with Gasteiger partial charge in [0, 0.05) is 22.4 Å². The molecule has 0 aliphatic heterocycles. The lowest BCUT2D eigenvalue weighted by molar-refractivity contribution is 0.0696. The van der Waals surface area contributed by atoms with Crippen LogP contribution in [0.3, 0.4) is 0 Å². The van der Waals surface area contributed by atoms with E-state index >= 15 is 0 Å². The second-order valence-corrected chi connectivity index (χ2v) is 6.84. The summed E-state index contributed by atoms with van der Waals surface area (Å²) in [6, 6.07) is 12.5. The second-order valence-electron chi connectivity index (χ2n) is 5.93. The highest BCUT2D eigenvalue weighted by Crippen LogP contribution is 2.35. The zero-order valence-corrected chi connectivity index (χ0v) is 15.9. The monoisotopic (exact) mass is 414 g/mol. The van der Waals surface area contributed by atoms with Gasteiger partial charge < -0.3 is 14.4 Å². The van der Waals surface area contributed by atoms with Crippen molar-refractivity contribution in [2.24, 2.45) is 0 Å². The molecular formula is C20H19BrN2O3. The predicted molar refractivity (Wildman–Crippen MR) is 103 cm³/mol. The number of carboxylic acids is 1. The van der Waals surface area contributed by atoms with Gasteiger partial charge in [-0.3, -0.25) is 0 Å². The lowest BCUT2D eigenvalue weighted by Gasteiger charge is -2.22. The first kappa shape index (κ1) is 18.2. The van der Waals surface area contributed by atoms with E-state index in [1.807, 2.05) is 35.0 Å². The summed E-state index contributed by atoms with van der Waals surface area (Å²) in [6.07, 6.45) is 7.14. The smallest absolute Gasteiger partial charge is 0.335 e. The Labute approximate surface area is 160 Å². The maximum Gasteiger partial charge on any atom is 0.335 e. The molecule has 2 aromatic carbocycles. The van der Waals surface area contributed by atoms with E-state index in [-0.39, 0.29) is 11.6 Å². The molecule has 0 saturated heterocycles. The van der Waals surface area contributed by atoms with E-state index in [9.17, 15) is 9.90 Å². The predicted octanol–water partition coefficient (Wildman–Crippen LogP) is 5.53. The van der Waals surface area contributed by atoms with Gasteiger partial charge in [-0.05, 0) is 48.9 Å². The molecule has 134 valence electrons. The van der Waals surface area contributed by atoms with Crippen molar-refractivity contribution in [1.82, 2.24) is 9.55 Å². The van der Waals surface area contributed by atoms with Gasteiger partial charge in [0.15, 0.2) is 0 Å². The average Bonchev–Trinajstić information content (AvgIpc) is 3.16. The third kappa shape index (κ3) is 4.14.